The van der Waals surface area contributed by atoms with Crippen LogP contribution in [0.5, 0.6) is 11.5 Å². The lowest BCUT2D eigenvalue weighted by Gasteiger charge is -2.35. The van der Waals surface area contributed by atoms with Crippen molar-refractivity contribution in [3.05, 3.63) is 30.0 Å². The lowest BCUT2D eigenvalue weighted by atomic mass is 9.90. The van der Waals surface area contributed by atoms with Crippen LogP contribution in [0.25, 0.3) is 10.9 Å². The molecule has 1 unspecified atom stereocenters. The summed E-state index contributed by atoms with van der Waals surface area (Å²) in [7, 11) is 1.65. The van der Waals surface area contributed by atoms with E-state index < -0.39 is 0 Å². The molecule has 0 spiro atoms. The van der Waals surface area contributed by atoms with Crippen LogP contribution in [0.3, 0.4) is 0 Å². The number of benzene rings is 1. The van der Waals surface area contributed by atoms with Crippen molar-refractivity contribution in [1.82, 2.24) is 15.2 Å². The van der Waals surface area contributed by atoms with Gasteiger partial charge in [-0.1, -0.05) is 39.2 Å². The molecule has 2 heterocycles. The SMILES string of the molecule is COCCOc1cc(C(=O)N(CC(C)C)C2CCCNC2)nc2c(OCC3CCCCC3)cccc12. The van der Waals surface area contributed by atoms with Crippen LogP contribution in [-0.2, 0) is 4.74 Å². The van der Waals surface area contributed by atoms with Crippen LogP contribution >= 0.6 is 0 Å². The van der Waals surface area contributed by atoms with Crippen LogP contribution in [-0.4, -0.2) is 68.4 Å². The molecule has 1 aromatic carbocycles. The van der Waals surface area contributed by atoms with E-state index in [1.165, 1.54) is 32.1 Å². The molecule has 1 aliphatic heterocycles. The van der Waals surface area contributed by atoms with E-state index in [-0.39, 0.29) is 11.9 Å². The normalized spacial score (nSPS) is 18.9. The fourth-order valence-corrected chi connectivity index (χ4v) is 5.37. The number of nitrogens with one attached hydrogen (secondary N) is 1. The number of para-hydroxylation sites is 1. The topological polar surface area (TPSA) is 72.9 Å². The van der Waals surface area contributed by atoms with Crippen molar-refractivity contribution in [2.24, 2.45) is 11.8 Å². The van der Waals surface area contributed by atoms with Gasteiger partial charge in [0.1, 0.15) is 29.3 Å². The number of ether oxygens (including phenoxy) is 3. The minimum absolute atomic E-state index is 0.0435. The highest BCUT2D eigenvalue weighted by molar-refractivity contribution is 5.98. The standard InChI is InChI=1S/C29H43N3O4/c1-21(2)19-32(23-11-8-14-30-18-23)29(33)25-17-27(35-16-15-34-3)24-12-7-13-26(28(24)31-25)36-20-22-9-5-4-6-10-22/h7,12-13,17,21-23,30H,4-6,8-11,14-16,18-20H2,1-3H3. The largest absolute Gasteiger partial charge is 0.491 e. The second-order valence-electron chi connectivity index (χ2n) is 10.7. The van der Waals surface area contributed by atoms with Gasteiger partial charge in [-0.25, -0.2) is 4.98 Å². The Morgan fingerprint density at radius 1 is 1.08 bits per heavy atom. The summed E-state index contributed by atoms with van der Waals surface area (Å²) in [6, 6.07) is 7.89. The third-order valence-corrected chi connectivity index (χ3v) is 7.26. The average molecular weight is 498 g/mol. The molecule has 36 heavy (non-hydrogen) atoms. The predicted octanol–water partition coefficient (Wildman–Crippen LogP) is 5.07. The number of piperidine rings is 1. The van der Waals surface area contributed by atoms with Crippen molar-refractivity contribution in [2.45, 2.75) is 64.8 Å². The second-order valence-corrected chi connectivity index (χ2v) is 10.7. The van der Waals surface area contributed by atoms with E-state index in [1.807, 2.05) is 23.1 Å². The summed E-state index contributed by atoms with van der Waals surface area (Å²) in [6.07, 6.45) is 8.39. The predicted molar refractivity (Wildman–Crippen MR) is 143 cm³/mol. The summed E-state index contributed by atoms with van der Waals surface area (Å²) in [6.45, 7) is 8.39. The fraction of sp³-hybridized carbons (Fsp3) is 0.655. The highest BCUT2D eigenvalue weighted by Crippen LogP contribution is 2.33. The zero-order valence-corrected chi connectivity index (χ0v) is 22.3. The molecular formula is C29H43N3O4. The summed E-state index contributed by atoms with van der Waals surface area (Å²) in [5.41, 5.74) is 1.10. The van der Waals surface area contributed by atoms with E-state index in [1.54, 1.807) is 13.2 Å². The van der Waals surface area contributed by atoms with Gasteiger partial charge in [0.15, 0.2) is 0 Å². The number of amides is 1. The zero-order chi connectivity index (χ0) is 25.3. The van der Waals surface area contributed by atoms with Gasteiger partial charge in [-0.05, 0) is 56.2 Å². The molecule has 1 aromatic heterocycles. The number of pyridine rings is 1. The summed E-state index contributed by atoms with van der Waals surface area (Å²) in [5.74, 6) is 2.27. The number of hydrogen-bond donors (Lipinski definition) is 1. The molecule has 1 aliphatic carbocycles. The average Bonchev–Trinajstić information content (AvgIpc) is 2.91. The van der Waals surface area contributed by atoms with E-state index >= 15 is 0 Å². The summed E-state index contributed by atoms with van der Waals surface area (Å²) < 4.78 is 17.6. The van der Waals surface area contributed by atoms with Gasteiger partial charge in [0.2, 0.25) is 0 Å². The lowest BCUT2D eigenvalue weighted by molar-refractivity contribution is 0.0614. The first-order chi connectivity index (χ1) is 17.6. The van der Waals surface area contributed by atoms with Gasteiger partial charge < -0.3 is 24.4 Å². The summed E-state index contributed by atoms with van der Waals surface area (Å²) >= 11 is 0. The third kappa shape index (κ3) is 6.88. The first kappa shape index (κ1) is 26.7. The summed E-state index contributed by atoms with van der Waals surface area (Å²) in [4.78, 5) is 20.8. The molecule has 198 valence electrons. The van der Waals surface area contributed by atoms with Crippen molar-refractivity contribution in [3.63, 3.8) is 0 Å². The molecule has 7 heteroatoms. The van der Waals surface area contributed by atoms with Crippen LogP contribution < -0.4 is 14.8 Å². The van der Waals surface area contributed by atoms with Crippen LogP contribution in [0.1, 0.15) is 69.3 Å². The Morgan fingerprint density at radius 3 is 2.64 bits per heavy atom. The molecule has 2 fully saturated rings. The van der Waals surface area contributed by atoms with E-state index in [9.17, 15) is 4.79 Å². The summed E-state index contributed by atoms with van der Waals surface area (Å²) in [5, 5.41) is 4.31. The smallest absolute Gasteiger partial charge is 0.272 e. The van der Waals surface area contributed by atoms with Gasteiger partial charge >= 0.3 is 0 Å². The van der Waals surface area contributed by atoms with Crippen LogP contribution in [0.15, 0.2) is 24.3 Å². The van der Waals surface area contributed by atoms with Gasteiger partial charge in [-0.15, -0.1) is 0 Å². The highest BCUT2D eigenvalue weighted by atomic mass is 16.5. The molecule has 2 aromatic rings. The molecule has 2 aliphatic rings. The number of nitrogens with zero attached hydrogens (tertiary/aromatic N) is 2. The van der Waals surface area contributed by atoms with Gasteiger partial charge in [-0.3, -0.25) is 4.79 Å². The molecule has 1 amide bonds. The third-order valence-electron chi connectivity index (χ3n) is 7.26. The number of carbonyl (C=O) groups excluding carboxylic acids is 1. The Labute approximate surface area is 215 Å². The van der Waals surface area contributed by atoms with Gasteiger partial charge in [0, 0.05) is 37.7 Å². The van der Waals surface area contributed by atoms with Crippen molar-refractivity contribution in [1.29, 1.82) is 0 Å². The molecular weight excluding hydrogens is 454 g/mol. The molecule has 1 atom stereocenters. The number of aromatic nitrogens is 1. The lowest BCUT2D eigenvalue weighted by Crippen LogP contribution is -2.50. The molecule has 0 radical (unpaired) electrons. The van der Waals surface area contributed by atoms with E-state index in [0.717, 1.165) is 37.1 Å². The zero-order valence-electron chi connectivity index (χ0n) is 22.3. The maximum atomic E-state index is 13.9. The monoisotopic (exact) mass is 497 g/mol. The maximum Gasteiger partial charge on any atom is 0.272 e. The quantitative estimate of drug-likeness (QED) is 0.437. The van der Waals surface area contributed by atoms with Crippen LogP contribution in [0.4, 0.5) is 0 Å². The highest BCUT2D eigenvalue weighted by Gasteiger charge is 2.29. The van der Waals surface area contributed by atoms with Crippen LogP contribution in [0, 0.1) is 11.8 Å². The van der Waals surface area contributed by atoms with Crippen molar-refractivity contribution in [3.8, 4) is 11.5 Å². The number of rotatable bonds is 11. The minimum atomic E-state index is -0.0435. The Morgan fingerprint density at radius 2 is 1.92 bits per heavy atom. The van der Waals surface area contributed by atoms with Crippen LogP contribution in [0.2, 0.25) is 0 Å². The van der Waals surface area contributed by atoms with E-state index in [0.29, 0.717) is 55.2 Å². The second kappa shape index (κ2) is 13.2. The van der Waals surface area contributed by atoms with E-state index in [2.05, 4.69) is 19.2 Å². The minimum Gasteiger partial charge on any atom is -0.491 e. The molecule has 1 saturated heterocycles. The number of hydrogen-bond acceptors (Lipinski definition) is 6. The first-order valence-electron chi connectivity index (χ1n) is 13.8. The Kier molecular flexibility index (Phi) is 9.82. The van der Waals surface area contributed by atoms with E-state index in [4.69, 9.17) is 19.2 Å². The molecule has 7 nitrogen and oxygen atoms in total. The number of fused-ring (bicyclic) bond motifs is 1. The van der Waals surface area contributed by atoms with Gasteiger partial charge in [0.05, 0.1) is 13.2 Å². The molecule has 0 bridgehead atoms. The maximum absolute atomic E-state index is 13.9. The van der Waals surface area contributed by atoms with Gasteiger partial charge in [-0.2, -0.15) is 0 Å². The molecule has 1 saturated carbocycles. The first-order valence-corrected chi connectivity index (χ1v) is 13.8. The number of methoxy groups -OCH3 is 1. The Bertz CT molecular complexity index is 984. The fourth-order valence-electron chi connectivity index (χ4n) is 5.37. The van der Waals surface area contributed by atoms with Crippen molar-refractivity contribution in [2.75, 3.05) is 46.6 Å². The van der Waals surface area contributed by atoms with Crippen molar-refractivity contribution >= 4 is 16.8 Å². The molecule has 1 N–H and O–H groups in total. The number of carbonyl (C=O) groups is 1. The Hall–Kier alpha value is -2.38. The van der Waals surface area contributed by atoms with Gasteiger partial charge in [0.25, 0.3) is 5.91 Å². The van der Waals surface area contributed by atoms with Crippen molar-refractivity contribution < 1.29 is 19.0 Å². The molecule has 4 rings (SSSR count). The Balaban J connectivity index is 1.67.